The second kappa shape index (κ2) is 49.9. The molecule has 0 aliphatic carbocycles. The van der Waals surface area contributed by atoms with E-state index in [0.717, 1.165) is 64.2 Å². The molecule has 8 nitrogen and oxygen atoms in total. The molecule has 0 spiro atoms. The lowest BCUT2D eigenvalue weighted by Gasteiger charge is -2.29. The molecule has 0 aromatic heterocycles. The van der Waals surface area contributed by atoms with E-state index in [4.69, 9.17) is 9.05 Å². The van der Waals surface area contributed by atoms with E-state index in [1.165, 1.54) is 161 Å². The fourth-order valence-electron chi connectivity index (χ4n) is 7.98. The lowest BCUT2D eigenvalue weighted by atomic mass is 10.0. The van der Waals surface area contributed by atoms with Crippen LogP contribution in [0.1, 0.15) is 245 Å². The molecule has 396 valence electrons. The molecule has 0 bridgehead atoms. The van der Waals surface area contributed by atoms with Crippen molar-refractivity contribution in [3.63, 3.8) is 0 Å². The molecule has 0 aromatic rings. The van der Waals surface area contributed by atoms with Gasteiger partial charge in [0, 0.05) is 6.42 Å². The normalized spacial score (nSPS) is 14.5. The van der Waals surface area contributed by atoms with Crippen LogP contribution in [0, 0.1) is 0 Å². The van der Waals surface area contributed by atoms with Crippen LogP contribution in [0.2, 0.25) is 0 Å². The van der Waals surface area contributed by atoms with Crippen LogP contribution in [-0.2, 0) is 18.4 Å². The zero-order chi connectivity index (χ0) is 49.9. The lowest BCUT2D eigenvalue weighted by Crippen LogP contribution is -2.45. The Morgan fingerprint density at radius 1 is 0.529 bits per heavy atom. The summed E-state index contributed by atoms with van der Waals surface area (Å²) in [7, 11) is 1.24. The maximum absolute atomic E-state index is 13.0. The van der Waals surface area contributed by atoms with Gasteiger partial charge in [0.05, 0.1) is 39.9 Å². The van der Waals surface area contributed by atoms with Crippen LogP contribution in [0.25, 0.3) is 0 Å². The van der Waals surface area contributed by atoms with Gasteiger partial charge in [-0.05, 0) is 70.6 Å². The van der Waals surface area contributed by atoms with E-state index >= 15 is 0 Å². The van der Waals surface area contributed by atoms with Crippen molar-refractivity contribution in [2.45, 2.75) is 257 Å². The minimum atomic E-state index is -4.61. The Bertz CT molecular complexity index is 1330. The molecule has 3 atom stereocenters. The molecule has 9 heteroatoms. The minimum absolute atomic E-state index is 0.00832. The number of carbonyl (C=O) groups excluding carboxylic acids is 1. The average molecular weight is 974 g/mol. The smallest absolute Gasteiger partial charge is 0.268 e. The van der Waals surface area contributed by atoms with E-state index in [0.29, 0.717) is 17.4 Å². The van der Waals surface area contributed by atoms with E-state index in [1.807, 2.05) is 27.2 Å². The van der Waals surface area contributed by atoms with Crippen LogP contribution in [-0.4, -0.2) is 68.5 Å². The zero-order valence-electron chi connectivity index (χ0n) is 45.0. The predicted molar refractivity (Wildman–Crippen MR) is 293 cm³/mol. The molecule has 1 amide bonds. The Morgan fingerprint density at radius 2 is 0.912 bits per heavy atom. The summed E-state index contributed by atoms with van der Waals surface area (Å²) in [5.41, 5.74) is 0. The molecule has 0 fully saturated rings. The van der Waals surface area contributed by atoms with Gasteiger partial charge < -0.3 is 28.8 Å². The van der Waals surface area contributed by atoms with Crippen molar-refractivity contribution in [1.82, 2.24) is 5.32 Å². The number of nitrogens with one attached hydrogen (secondary N) is 1. The third-order valence-corrected chi connectivity index (χ3v) is 13.4. The van der Waals surface area contributed by atoms with Crippen molar-refractivity contribution < 1.29 is 32.9 Å². The number of likely N-dealkylation sites (N-methyl/N-ethyl adjacent to an activating group) is 1. The molecule has 0 aliphatic heterocycles. The topological polar surface area (TPSA) is 108 Å². The van der Waals surface area contributed by atoms with Gasteiger partial charge >= 0.3 is 0 Å². The molecule has 0 rings (SSSR count). The molecular formula is C59H109N2O6P. The number of aliphatic hydroxyl groups excluding tert-OH is 1. The fraction of sp³-hybridized carbons (Fsp3) is 0.780. The molecule has 0 radical (unpaired) electrons. The number of phosphoric ester groups is 1. The molecule has 0 saturated heterocycles. The zero-order valence-corrected chi connectivity index (χ0v) is 45.9. The van der Waals surface area contributed by atoms with Crippen LogP contribution >= 0.6 is 7.82 Å². The molecular weight excluding hydrogens is 864 g/mol. The summed E-state index contributed by atoms with van der Waals surface area (Å²) in [4.78, 5) is 25.5. The van der Waals surface area contributed by atoms with E-state index in [2.05, 4.69) is 79.9 Å². The third kappa shape index (κ3) is 51.8. The predicted octanol–water partition coefficient (Wildman–Crippen LogP) is 16.5. The Labute approximate surface area is 421 Å². The van der Waals surface area contributed by atoms with E-state index in [9.17, 15) is 19.4 Å². The standard InChI is InChI=1S/C59H109N2O6P/c1-6-8-10-12-14-16-18-20-22-24-26-27-28-29-30-31-32-33-35-37-39-41-43-45-47-49-51-53-59(63)60-57(56-67-68(64,65)66-55-54-61(3,4)5)58(62)52-50-48-46-44-42-40-38-36-34-25-23-21-19-17-15-13-11-9-7-2/h8,10,14,16,20,22,26-27,42,44,50,52,57-58,62H,6-7,9,11-13,15,17-19,21,23-25,28-41,43,45-49,51,53-56H2,1-5H3,(H-,60,63,64,65)/b10-8-,16-14-,22-20-,27-26-,44-42+,52-50+. The van der Waals surface area contributed by atoms with Crippen molar-refractivity contribution in [2.75, 3.05) is 40.9 Å². The molecule has 3 unspecified atom stereocenters. The molecule has 0 aromatic carbocycles. The summed E-state index contributed by atoms with van der Waals surface area (Å²) in [6.07, 6.45) is 68.3. The Kier molecular flexibility index (Phi) is 48.4. The van der Waals surface area contributed by atoms with E-state index in [-0.39, 0.29) is 12.5 Å². The highest BCUT2D eigenvalue weighted by Gasteiger charge is 2.23. The summed E-state index contributed by atoms with van der Waals surface area (Å²) < 4.78 is 23.3. The van der Waals surface area contributed by atoms with Gasteiger partial charge in [0.15, 0.2) is 0 Å². The monoisotopic (exact) mass is 973 g/mol. The number of rotatable bonds is 51. The van der Waals surface area contributed by atoms with Gasteiger partial charge in [-0.15, -0.1) is 0 Å². The van der Waals surface area contributed by atoms with Gasteiger partial charge in [0.2, 0.25) is 5.91 Å². The summed E-state index contributed by atoms with van der Waals surface area (Å²) in [6, 6.07) is -0.907. The van der Waals surface area contributed by atoms with Crippen LogP contribution in [0.3, 0.4) is 0 Å². The number of hydrogen-bond acceptors (Lipinski definition) is 6. The van der Waals surface area contributed by atoms with Crippen molar-refractivity contribution in [3.05, 3.63) is 72.9 Å². The number of aliphatic hydroxyl groups is 1. The van der Waals surface area contributed by atoms with Crippen LogP contribution in [0.15, 0.2) is 72.9 Å². The SMILES string of the molecule is CC/C=C\C/C=C\C/C=C\C/C=C\CCCCCCCCCCCCCCCCC(=O)NC(COP(=O)([O-])OCC[N+](C)(C)C)C(O)/C=C/CC/C=C/CCCCCCCCCCCCCCC. The van der Waals surface area contributed by atoms with Gasteiger partial charge in [-0.1, -0.05) is 241 Å². The van der Waals surface area contributed by atoms with Gasteiger partial charge in [-0.25, -0.2) is 0 Å². The molecule has 0 heterocycles. The summed E-state index contributed by atoms with van der Waals surface area (Å²) in [5, 5.41) is 13.9. The Balaban J connectivity index is 4.23. The number of allylic oxidation sites excluding steroid dienone is 11. The van der Waals surface area contributed by atoms with Crippen molar-refractivity contribution >= 4 is 13.7 Å². The first kappa shape index (κ1) is 65.9. The number of amides is 1. The van der Waals surface area contributed by atoms with E-state index < -0.39 is 26.6 Å². The van der Waals surface area contributed by atoms with Crippen molar-refractivity contribution in [1.29, 1.82) is 0 Å². The largest absolute Gasteiger partial charge is 0.756 e. The van der Waals surface area contributed by atoms with E-state index in [1.54, 1.807) is 6.08 Å². The van der Waals surface area contributed by atoms with Crippen LogP contribution in [0.5, 0.6) is 0 Å². The summed E-state index contributed by atoms with van der Waals surface area (Å²) in [6.45, 7) is 4.53. The van der Waals surface area contributed by atoms with Gasteiger partial charge in [0.1, 0.15) is 13.2 Å². The number of carbonyl (C=O) groups is 1. The fourth-order valence-corrected chi connectivity index (χ4v) is 8.71. The quantitative estimate of drug-likeness (QED) is 0.0272. The number of phosphoric acid groups is 1. The van der Waals surface area contributed by atoms with Gasteiger partial charge in [0.25, 0.3) is 7.82 Å². The summed E-state index contributed by atoms with van der Waals surface area (Å²) >= 11 is 0. The second-order valence-corrected chi connectivity index (χ2v) is 21.7. The number of hydrogen-bond donors (Lipinski definition) is 2. The first-order valence-electron chi connectivity index (χ1n) is 28.3. The van der Waals surface area contributed by atoms with Crippen LogP contribution < -0.4 is 10.2 Å². The highest BCUT2D eigenvalue weighted by atomic mass is 31.2. The minimum Gasteiger partial charge on any atom is -0.756 e. The highest BCUT2D eigenvalue weighted by Crippen LogP contribution is 2.38. The Hall–Kier alpha value is -2.06. The molecule has 0 aliphatic rings. The molecule has 2 N–H and O–H groups in total. The maximum atomic E-state index is 13.0. The Morgan fingerprint density at radius 3 is 1.37 bits per heavy atom. The molecule has 0 saturated carbocycles. The second-order valence-electron chi connectivity index (χ2n) is 20.3. The van der Waals surface area contributed by atoms with Crippen molar-refractivity contribution in [3.8, 4) is 0 Å². The number of nitrogens with zero attached hydrogens (tertiary/aromatic N) is 1. The average Bonchev–Trinajstić information content (AvgIpc) is 3.30. The molecule has 68 heavy (non-hydrogen) atoms. The van der Waals surface area contributed by atoms with Crippen LogP contribution in [0.4, 0.5) is 0 Å². The third-order valence-electron chi connectivity index (χ3n) is 12.4. The number of quaternary nitrogens is 1. The first-order chi connectivity index (χ1) is 33.0. The highest BCUT2D eigenvalue weighted by molar-refractivity contribution is 7.45. The number of unbranched alkanes of at least 4 members (excludes halogenated alkanes) is 28. The lowest BCUT2D eigenvalue weighted by molar-refractivity contribution is -0.870. The van der Waals surface area contributed by atoms with Gasteiger partial charge in [-0.3, -0.25) is 9.36 Å². The van der Waals surface area contributed by atoms with Gasteiger partial charge in [-0.2, -0.15) is 0 Å². The van der Waals surface area contributed by atoms with Crippen molar-refractivity contribution in [2.24, 2.45) is 0 Å². The maximum Gasteiger partial charge on any atom is 0.268 e. The summed E-state index contributed by atoms with van der Waals surface area (Å²) in [5.74, 6) is -0.209. The first-order valence-corrected chi connectivity index (χ1v) is 29.8.